The van der Waals surface area contributed by atoms with E-state index in [9.17, 15) is 4.79 Å². The molecule has 1 saturated heterocycles. The predicted molar refractivity (Wildman–Crippen MR) is 90.8 cm³/mol. The van der Waals surface area contributed by atoms with Crippen LogP contribution in [-0.2, 0) is 6.54 Å². The van der Waals surface area contributed by atoms with Gasteiger partial charge in [-0.15, -0.1) is 28.8 Å². The number of rotatable bonds is 3. The van der Waals surface area contributed by atoms with E-state index in [-0.39, 0.29) is 24.4 Å². The van der Waals surface area contributed by atoms with Crippen molar-refractivity contribution in [3.63, 3.8) is 0 Å². The Kier molecular flexibility index (Phi) is 4.70. The molecule has 1 amide bonds. The SMILES string of the molecule is Cl.NC1CCC2CN(C(=O)c3cn(Cc4cccs4)nn3)CC12. The highest BCUT2D eigenvalue weighted by atomic mass is 35.5. The number of fused-ring (bicyclic) bond motifs is 1. The number of nitrogens with two attached hydrogens (primary N) is 1. The van der Waals surface area contributed by atoms with Gasteiger partial charge in [-0.1, -0.05) is 11.3 Å². The van der Waals surface area contributed by atoms with Gasteiger partial charge in [-0.05, 0) is 36.1 Å². The first kappa shape index (κ1) is 16.4. The molecular formula is C15H20ClN5OS. The summed E-state index contributed by atoms with van der Waals surface area (Å²) in [5, 5.41) is 10.2. The van der Waals surface area contributed by atoms with Gasteiger partial charge in [0.05, 0.1) is 12.7 Å². The lowest BCUT2D eigenvalue weighted by Crippen LogP contribution is -2.33. The largest absolute Gasteiger partial charge is 0.337 e. The van der Waals surface area contributed by atoms with Crippen LogP contribution in [0.15, 0.2) is 23.7 Å². The molecule has 2 aliphatic rings. The van der Waals surface area contributed by atoms with Gasteiger partial charge >= 0.3 is 0 Å². The number of hydrogen-bond donors (Lipinski definition) is 1. The van der Waals surface area contributed by atoms with Crippen molar-refractivity contribution in [2.75, 3.05) is 13.1 Å². The summed E-state index contributed by atoms with van der Waals surface area (Å²) in [7, 11) is 0. The fraction of sp³-hybridized carbons (Fsp3) is 0.533. The standard InChI is InChI=1S/C15H19N5OS.ClH/c16-13-4-3-10-6-19(8-12(10)13)15(21)14-9-20(18-17-14)7-11-2-1-5-22-11;/h1-2,5,9-10,12-13H,3-4,6-8,16H2;1H. The van der Waals surface area contributed by atoms with Gasteiger partial charge in [-0.3, -0.25) is 4.79 Å². The molecule has 1 aliphatic heterocycles. The van der Waals surface area contributed by atoms with Crippen LogP contribution in [0, 0.1) is 11.8 Å². The first-order chi connectivity index (χ1) is 10.7. The second-order valence-electron chi connectivity index (χ2n) is 6.26. The molecule has 3 atom stereocenters. The van der Waals surface area contributed by atoms with Crippen LogP contribution in [0.2, 0.25) is 0 Å². The van der Waals surface area contributed by atoms with Crippen molar-refractivity contribution in [2.24, 2.45) is 17.6 Å². The second-order valence-corrected chi connectivity index (χ2v) is 7.29. The zero-order valence-corrected chi connectivity index (χ0v) is 14.3. The Balaban J connectivity index is 0.00000156. The van der Waals surface area contributed by atoms with Crippen molar-refractivity contribution in [1.29, 1.82) is 0 Å². The van der Waals surface area contributed by atoms with E-state index < -0.39 is 0 Å². The van der Waals surface area contributed by atoms with Crippen LogP contribution in [0.4, 0.5) is 0 Å². The number of thiophene rings is 1. The molecule has 0 bridgehead atoms. The molecule has 2 fully saturated rings. The second kappa shape index (κ2) is 6.59. The first-order valence-corrected chi connectivity index (χ1v) is 8.56. The van der Waals surface area contributed by atoms with Gasteiger partial charge in [-0.25, -0.2) is 4.68 Å². The monoisotopic (exact) mass is 353 g/mol. The minimum Gasteiger partial charge on any atom is -0.337 e. The summed E-state index contributed by atoms with van der Waals surface area (Å²) in [6.45, 7) is 2.24. The lowest BCUT2D eigenvalue weighted by molar-refractivity contribution is 0.0773. The number of hydrogen-bond acceptors (Lipinski definition) is 5. The van der Waals surface area contributed by atoms with Crippen molar-refractivity contribution in [1.82, 2.24) is 19.9 Å². The lowest BCUT2D eigenvalue weighted by atomic mass is 9.98. The minimum absolute atomic E-state index is 0. The summed E-state index contributed by atoms with van der Waals surface area (Å²) in [6.07, 6.45) is 3.98. The fourth-order valence-electron chi connectivity index (χ4n) is 3.67. The number of halogens is 1. The number of likely N-dealkylation sites (tertiary alicyclic amines) is 1. The first-order valence-electron chi connectivity index (χ1n) is 7.68. The van der Waals surface area contributed by atoms with E-state index >= 15 is 0 Å². The van der Waals surface area contributed by atoms with Crippen molar-refractivity contribution in [3.05, 3.63) is 34.3 Å². The van der Waals surface area contributed by atoms with E-state index in [1.54, 1.807) is 22.2 Å². The van der Waals surface area contributed by atoms with Crippen molar-refractivity contribution in [2.45, 2.75) is 25.4 Å². The van der Waals surface area contributed by atoms with E-state index in [1.165, 1.54) is 4.88 Å². The molecule has 6 nitrogen and oxygen atoms in total. The summed E-state index contributed by atoms with van der Waals surface area (Å²) in [6, 6.07) is 4.31. The summed E-state index contributed by atoms with van der Waals surface area (Å²) >= 11 is 1.67. The third-order valence-corrected chi connectivity index (χ3v) is 5.72. The molecule has 1 aliphatic carbocycles. The molecular weight excluding hydrogens is 334 g/mol. The van der Waals surface area contributed by atoms with Gasteiger partial charge in [0.15, 0.2) is 5.69 Å². The van der Waals surface area contributed by atoms with Gasteiger partial charge in [0, 0.05) is 24.0 Å². The molecule has 2 aromatic heterocycles. The molecule has 0 radical (unpaired) electrons. The van der Waals surface area contributed by atoms with Crippen LogP contribution in [-0.4, -0.2) is 44.9 Å². The van der Waals surface area contributed by atoms with E-state index in [0.717, 1.165) is 25.9 Å². The molecule has 0 aromatic carbocycles. The Morgan fingerprint density at radius 2 is 2.26 bits per heavy atom. The van der Waals surface area contributed by atoms with Gasteiger partial charge in [-0.2, -0.15) is 0 Å². The normalized spacial score (nSPS) is 26.1. The van der Waals surface area contributed by atoms with Crippen LogP contribution in [0.3, 0.4) is 0 Å². The van der Waals surface area contributed by atoms with Crippen molar-refractivity contribution < 1.29 is 4.79 Å². The molecule has 3 unspecified atom stereocenters. The van der Waals surface area contributed by atoms with Crippen molar-refractivity contribution >= 4 is 29.7 Å². The summed E-state index contributed by atoms with van der Waals surface area (Å²) < 4.78 is 1.72. The molecule has 2 N–H and O–H groups in total. The van der Waals surface area contributed by atoms with Crippen LogP contribution in [0.25, 0.3) is 0 Å². The van der Waals surface area contributed by atoms with E-state index in [2.05, 4.69) is 16.4 Å². The zero-order valence-electron chi connectivity index (χ0n) is 12.7. The van der Waals surface area contributed by atoms with E-state index in [4.69, 9.17) is 5.73 Å². The highest BCUT2D eigenvalue weighted by molar-refractivity contribution is 7.09. The van der Waals surface area contributed by atoms with Crippen LogP contribution in [0.5, 0.6) is 0 Å². The maximum atomic E-state index is 12.6. The van der Waals surface area contributed by atoms with Crippen LogP contribution >= 0.6 is 23.7 Å². The molecule has 8 heteroatoms. The van der Waals surface area contributed by atoms with Crippen LogP contribution in [0.1, 0.15) is 28.2 Å². The van der Waals surface area contributed by atoms with Crippen LogP contribution < -0.4 is 5.73 Å². The average Bonchev–Trinajstić information content (AvgIpc) is 3.26. The molecule has 1 saturated carbocycles. The fourth-order valence-corrected chi connectivity index (χ4v) is 4.37. The van der Waals surface area contributed by atoms with Gasteiger partial charge < -0.3 is 10.6 Å². The molecule has 4 rings (SSSR count). The third-order valence-electron chi connectivity index (χ3n) is 4.86. The summed E-state index contributed by atoms with van der Waals surface area (Å²) in [4.78, 5) is 15.7. The zero-order chi connectivity index (χ0) is 15.1. The predicted octanol–water partition coefficient (Wildman–Crippen LogP) is 1.62. The minimum atomic E-state index is -0.0148. The van der Waals surface area contributed by atoms with E-state index in [1.807, 2.05) is 16.3 Å². The van der Waals surface area contributed by atoms with Gasteiger partial charge in [0.1, 0.15) is 0 Å². The maximum absolute atomic E-state index is 12.6. The number of amides is 1. The smallest absolute Gasteiger partial charge is 0.276 e. The topological polar surface area (TPSA) is 77.0 Å². The molecule has 23 heavy (non-hydrogen) atoms. The number of nitrogens with zero attached hydrogens (tertiary/aromatic N) is 4. The number of carbonyl (C=O) groups excluding carboxylic acids is 1. The summed E-state index contributed by atoms with van der Waals surface area (Å²) in [5.74, 6) is 1.02. The lowest BCUT2D eigenvalue weighted by Gasteiger charge is -2.17. The molecule has 124 valence electrons. The third kappa shape index (κ3) is 3.13. The van der Waals surface area contributed by atoms with Gasteiger partial charge in [0.25, 0.3) is 5.91 Å². The number of carbonyl (C=O) groups is 1. The summed E-state index contributed by atoms with van der Waals surface area (Å²) in [5.41, 5.74) is 6.57. The Morgan fingerprint density at radius 3 is 3.00 bits per heavy atom. The highest BCUT2D eigenvalue weighted by Crippen LogP contribution is 2.37. The molecule has 2 aromatic rings. The Morgan fingerprint density at radius 1 is 1.39 bits per heavy atom. The molecule has 3 heterocycles. The van der Waals surface area contributed by atoms with E-state index in [0.29, 0.717) is 24.1 Å². The molecule has 0 spiro atoms. The Bertz CT molecular complexity index is 673. The highest BCUT2D eigenvalue weighted by Gasteiger charge is 2.42. The Hall–Kier alpha value is -1.44. The van der Waals surface area contributed by atoms with Crippen molar-refractivity contribution in [3.8, 4) is 0 Å². The average molecular weight is 354 g/mol. The van der Waals surface area contributed by atoms with Gasteiger partial charge in [0.2, 0.25) is 0 Å². The maximum Gasteiger partial charge on any atom is 0.276 e. The Labute approximate surface area is 145 Å². The number of aromatic nitrogens is 3. The quantitative estimate of drug-likeness (QED) is 0.909.